The normalized spacial score (nSPS) is 18.8. The number of benzene rings is 8. The van der Waals surface area contributed by atoms with Crippen LogP contribution in [0.3, 0.4) is 0 Å². The highest BCUT2D eigenvalue weighted by Crippen LogP contribution is 2.56. The van der Waals surface area contributed by atoms with Gasteiger partial charge in [0.1, 0.15) is 0 Å². The first kappa shape index (κ1) is 54.6. The first-order valence-corrected chi connectivity index (χ1v) is 32.3. The molecule has 8 aromatic carbocycles. The Bertz CT molecular complexity index is 4220. The monoisotopic (exact) mass is 1140 g/mol. The van der Waals surface area contributed by atoms with Crippen LogP contribution in [0.15, 0.2) is 133 Å². The lowest BCUT2D eigenvalue weighted by atomic mass is 9.33. The Labute approximate surface area is 523 Å². The van der Waals surface area contributed by atoms with E-state index >= 15 is 0 Å². The first-order valence-electron chi connectivity index (χ1n) is 33.8. The summed E-state index contributed by atoms with van der Waals surface area (Å²) in [5, 5.41) is 0. The summed E-state index contributed by atoms with van der Waals surface area (Å²) < 4.78 is 28.5. The Morgan fingerprint density at radius 2 is 0.872 bits per heavy atom. The van der Waals surface area contributed by atoms with Crippen molar-refractivity contribution in [3.63, 3.8) is 0 Å². The van der Waals surface area contributed by atoms with Crippen molar-refractivity contribution in [1.82, 2.24) is 0 Å². The Balaban J connectivity index is 1.15. The molecule has 13 rings (SSSR count). The fraction of sp³-hybridized carbons (Fsp3) is 0.415. The van der Waals surface area contributed by atoms with Crippen molar-refractivity contribution in [3.05, 3.63) is 200 Å². The zero-order valence-electron chi connectivity index (χ0n) is 58.9. The van der Waals surface area contributed by atoms with Crippen LogP contribution in [0.25, 0.3) is 11.1 Å². The minimum Gasteiger partial charge on any atom is -0.311 e. The van der Waals surface area contributed by atoms with E-state index in [4.69, 9.17) is 0 Å². The molecular weight excluding hydrogens is 1040 g/mol. The van der Waals surface area contributed by atoms with E-state index in [1.165, 1.54) is 83.3 Å². The third-order valence-corrected chi connectivity index (χ3v) is 21.8. The van der Waals surface area contributed by atoms with E-state index in [0.29, 0.717) is 5.56 Å². The molecule has 86 heavy (non-hydrogen) atoms. The van der Waals surface area contributed by atoms with Crippen LogP contribution >= 0.6 is 0 Å². The standard InChI is InChI=1S/C82H96BN3/c1-49-39-72-74-73(40-49)86(56-27-31-61-63(45-56)79(15,16)36-35-78(61,13)14)71-48-65-64(80(17,18)37-38-81(65,19)20)47-67(71)83(74)66-32-28-57(84(68-33-24-52(41-50(68)2)75(4,5)6)69-34-25-53(42-51(69)3)76(7,8)9)46-70(66)85(72)55-26-30-60-59(44-55)58-29-23-54(77(10,11)12)43-62(58)82(60,21)22/h23-34,39-48H,35-38H2,1-22H3/i1D3. The summed E-state index contributed by atoms with van der Waals surface area (Å²) in [5.74, 6) is 0. The van der Waals surface area contributed by atoms with Crippen molar-refractivity contribution in [2.75, 3.05) is 14.7 Å². The number of hydrogen-bond donors (Lipinski definition) is 0. The molecular formula is C82H96BN3. The molecule has 3 nitrogen and oxygen atoms in total. The molecule has 0 fully saturated rings. The lowest BCUT2D eigenvalue weighted by Crippen LogP contribution is -2.62. The molecule has 0 radical (unpaired) electrons. The highest BCUT2D eigenvalue weighted by molar-refractivity contribution is 7.00. The molecule has 0 amide bonds. The quantitative estimate of drug-likeness (QED) is 0.159. The molecule has 0 aromatic heterocycles. The number of nitrogens with zero attached hydrogens (tertiary/aromatic N) is 3. The topological polar surface area (TPSA) is 9.72 Å². The highest BCUT2D eigenvalue weighted by atomic mass is 15.2. The molecule has 0 saturated heterocycles. The van der Waals surface area contributed by atoms with Gasteiger partial charge >= 0.3 is 0 Å². The zero-order chi connectivity index (χ0) is 64.2. The largest absolute Gasteiger partial charge is 0.311 e. The van der Waals surface area contributed by atoms with E-state index in [1.807, 2.05) is 12.1 Å². The number of aryl methyl sites for hydroxylation is 3. The molecule has 4 heteroatoms. The maximum Gasteiger partial charge on any atom is 0.252 e. The van der Waals surface area contributed by atoms with Crippen LogP contribution in [0.5, 0.6) is 0 Å². The summed E-state index contributed by atoms with van der Waals surface area (Å²) in [6.45, 7) is 46.7. The Morgan fingerprint density at radius 3 is 1.40 bits per heavy atom. The summed E-state index contributed by atoms with van der Waals surface area (Å²) in [6, 6.07) is 52.1. The molecule has 0 N–H and O–H groups in total. The lowest BCUT2D eigenvalue weighted by Gasteiger charge is -2.48. The molecule has 0 atom stereocenters. The maximum absolute atomic E-state index is 9.51. The minimum absolute atomic E-state index is 0.0123. The van der Waals surface area contributed by atoms with E-state index in [-0.39, 0.29) is 50.0 Å². The van der Waals surface area contributed by atoms with E-state index in [0.717, 1.165) is 82.3 Å². The van der Waals surface area contributed by atoms with Gasteiger partial charge in [0.15, 0.2) is 0 Å². The van der Waals surface area contributed by atoms with Crippen LogP contribution in [0.2, 0.25) is 0 Å². The van der Waals surface area contributed by atoms with Gasteiger partial charge in [-0.1, -0.05) is 198 Å². The average molecular weight is 1140 g/mol. The van der Waals surface area contributed by atoms with Crippen molar-refractivity contribution in [2.24, 2.45) is 0 Å². The van der Waals surface area contributed by atoms with Crippen LogP contribution in [-0.4, -0.2) is 6.71 Å². The molecule has 3 aliphatic carbocycles. The molecule has 0 saturated carbocycles. The first-order chi connectivity index (χ1) is 41.2. The van der Waals surface area contributed by atoms with Crippen LogP contribution < -0.4 is 31.1 Å². The number of anilines is 9. The van der Waals surface area contributed by atoms with Crippen molar-refractivity contribution >= 4 is 74.3 Å². The fourth-order valence-electron chi connectivity index (χ4n) is 16.0. The summed E-state index contributed by atoms with van der Waals surface area (Å²) >= 11 is 0. The van der Waals surface area contributed by atoms with Gasteiger partial charge in [-0.25, -0.2) is 0 Å². The fourth-order valence-corrected chi connectivity index (χ4v) is 16.0. The van der Waals surface area contributed by atoms with Crippen LogP contribution in [0.1, 0.15) is 228 Å². The van der Waals surface area contributed by atoms with Gasteiger partial charge in [-0.05, 0) is 245 Å². The highest BCUT2D eigenvalue weighted by Gasteiger charge is 2.48. The SMILES string of the molecule is [2H]C([2H])([2H])c1cc2c3c(c1)N(c1ccc4c(c1)C(C)(C)CCC4(C)C)c1cc4c(cc1B3c1ccc(N(c3ccc(C(C)(C)C)cc3C)c3ccc(C(C)(C)C)cc3C)cc1N2c1ccc2c(c1)-c1ccc(C(C)(C)C)cc1C2(C)C)C(C)(C)CCC4(C)C. The molecule has 0 unspecified atom stereocenters. The van der Waals surface area contributed by atoms with Crippen LogP contribution in [0, 0.1) is 20.7 Å². The van der Waals surface area contributed by atoms with Gasteiger partial charge in [0.05, 0.1) is 0 Å². The average Bonchev–Trinajstić information content (AvgIpc) is 0.809. The second kappa shape index (κ2) is 18.9. The van der Waals surface area contributed by atoms with Gasteiger partial charge in [-0.3, -0.25) is 0 Å². The second-order valence-corrected chi connectivity index (χ2v) is 33.2. The molecule has 8 aromatic rings. The van der Waals surface area contributed by atoms with E-state index < -0.39 is 6.85 Å². The predicted octanol–water partition coefficient (Wildman–Crippen LogP) is 21.1. The Kier molecular flexibility index (Phi) is 12.0. The predicted molar refractivity (Wildman–Crippen MR) is 374 cm³/mol. The van der Waals surface area contributed by atoms with Gasteiger partial charge in [0.25, 0.3) is 6.71 Å². The molecule has 2 aliphatic heterocycles. The van der Waals surface area contributed by atoms with Gasteiger partial charge in [0.2, 0.25) is 0 Å². The van der Waals surface area contributed by atoms with Gasteiger partial charge in [0, 0.05) is 60.7 Å². The maximum atomic E-state index is 9.51. The molecule has 5 aliphatic rings. The summed E-state index contributed by atoms with van der Waals surface area (Å²) in [4.78, 5) is 7.46. The van der Waals surface area contributed by atoms with Crippen molar-refractivity contribution in [1.29, 1.82) is 0 Å². The zero-order valence-corrected chi connectivity index (χ0v) is 55.9. The third kappa shape index (κ3) is 9.00. The molecule has 0 bridgehead atoms. The van der Waals surface area contributed by atoms with Gasteiger partial charge < -0.3 is 14.7 Å². The third-order valence-electron chi connectivity index (χ3n) is 21.8. The summed E-state index contributed by atoms with van der Waals surface area (Å²) in [6.07, 6.45) is 4.38. The number of rotatable bonds is 5. The molecule has 2 heterocycles. The van der Waals surface area contributed by atoms with Crippen molar-refractivity contribution in [2.45, 2.75) is 221 Å². The van der Waals surface area contributed by atoms with Gasteiger partial charge in [-0.15, -0.1) is 0 Å². The lowest BCUT2D eigenvalue weighted by molar-refractivity contribution is 0.332. The Morgan fingerprint density at radius 1 is 0.407 bits per heavy atom. The summed E-state index contributed by atoms with van der Waals surface area (Å²) in [5.41, 5.74) is 29.8. The van der Waals surface area contributed by atoms with Crippen LogP contribution in [-0.2, 0) is 43.3 Å². The summed E-state index contributed by atoms with van der Waals surface area (Å²) in [7, 11) is 0. The van der Waals surface area contributed by atoms with E-state index in [9.17, 15) is 4.11 Å². The smallest absolute Gasteiger partial charge is 0.252 e. The molecule has 442 valence electrons. The van der Waals surface area contributed by atoms with E-state index in [1.54, 1.807) is 0 Å². The van der Waals surface area contributed by atoms with Crippen LogP contribution in [0.4, 0.5) is 51.2 Å². The molecule has 0 spiro atoms. The van der Waals surface area contributed by atoms with Crippen molar-refractivity contribution < 1.29 is 4.11 Å². The van der Waals surface area contributed by atoms with E-state index in [2.05, 4.69) is 281 Å². The number of hydrogen-bond acceptors (Lipinski definition) is 3. The minimum atomic E-state index is -2.43. The number of fused-ring (bicyclic) bond motifs is 9. The Hall–Kier alpha value is -6.78. The second-order valence-electron chi connectivity index (χ2n) is 33.2. The van der Waals surface area contributed by atoms with Gasteiger partial charge in [-0.2, -0.15) is 0 Å². The van der Waals surface area contributed by atoms with Crippen molar-refractivity contribution in [3.8, 4) is 11.1 Å².